The van der Waals surface area contributed by atoms with E-state index in [9.17, 15) is 0 Å². The van der Waals surface area contributed by atoms with E-state index < -0.39 is 0 Å². The van der Waals surface area contributed by atoms with Gasteiger partial charge >= 0.3 is 0 Å². The van der Waals surface area contributed by atoms with Gasteiger partial charge in [-0.25, -0.2) is 0 Å². The van der Waals surface area contributed by atoms with E-state index in [1.165, 1.54) is 0 Å². The Labute approximate surface area is 139 Å². The maximum absolute atomic E-state index is 5.57. The molecule has 0 unspecified atom stereocenters. The van der Waals surface area contributed by atoms with Crippen LogP contribution in [0.3, 0.4) is 0 Å². The number of hydrogen-bond acceptors (Lipinski definition) is 4. The number of furan rings is 1. The van der Waals surface area contributed by atoms with Crippen molar-refractivity contribution in [3.05, 3.63) is 46.3 Å². The number of hydrogen-bond donors (Lipinski definition) is 1. The molecule has 0 saturated heterocycles. The first-order valence-corrected chi connectivity index (χ1v) is 7.26. The lowest BCUT2D eigenvalue weighted by atomic mass is 10.2. The molecule has 0 atom stereocenters. The number of benzene rings is 1. The summed E-state index contributed by atoms with van der Waals surface area (Å²) in [5.41, 5.74) is 1.11. The monoisotopic (exact) mass is 374 g/mol. The zero-order valence-corrected chi connectivity index (χ0v) is 14.3. The van der Waals surface area contributed by atoms with Crippen LogP contribution in [-0.2, 0) is 13.1 Å². The Bertz CT molecular complexity index is 546. The molecule has 0 spiro atoms. The summed E-state index contributed by atoms with van der Waals surface area (Å²) in [7, 11) is 1.64. The molecule has 6 heteroatoms. The molecular weight excluding hydrogens is 358 g/mol. The molecule has 0 aliphatic carbocycles. The molecule has 0 amide bonds. The fourth-order valence-corrected chi connectivity index (χ4v) is 2.51. The lowest BCUT2D eigenvalue weighted by molar-refractivity contribution is -0.00000528. The van der Waals surface area contributed by atoms with Crippen molar-refractivity contribution in [2.24, 2.45) is 0 Å². The molecule has 1 heterocycles. The first-order valence-electron chi connectivity index (χ1n) is 6.47. The summed E-state index contributed by atoms with van der Waals surface area (Å²) in [6.07, 6.45) is 1.67. The highest BCUT2D eigenvalue weighted by molar-refractivity contribution is 9.10. The van der Waals surface area contributed by atoms with Gasteiger partial charge in [-0.3, -0.25) is 0 Å². The molecule has 0 saturated carbocycles. The van der Waals surface area contributed by atoms with E-state index in [4.69, 9.17) is 13.9 Å². The van der Waals surface area contributed by atoms with Gasteiger partial charge in [0.25, 0.3) is 0 Å². The minimum absolute atomic E-state index is 0. The summed E-state index contributed by atoms with van der Waals surface area (Å²) in [5.74, 6) is 2.39. The van der Waals surface area contributed by atoms with Gasteiger partial charge in [-0.1, -0.05) is 0 Å². The summed E-state index contributed by atoms with van der Waals surface area (Å²) in [6.45, 7) is 3.97. The molecule has 21 heavy (non-hydrogen) atoms. The SMILES string of the molecule is CCOc1c(Br)cc(CNCc2ccco2)cc1OC.[Cl-]. The van der Waals surface area contributed by atoms with Gasteiger partial charge in [0.1, 0.15) is 5.76 Å². The maximum Gasteiger partial charge on any atom is 0.175 e. The molecule has 2 aromatic rings. The number of rotatable bonds is 7. The Morgan fingerprint density at radius 1 is 1.29 bits per heavy atom. The van der Waals surface area contributed by atoms with Crippen LogP contribution in [0.1, 0.15) is 18.2 Å². The van der Waals surface area contributed by atoms with Gasteiger partial charge in [-0.05, 0) is 52.7 Å². The molecule has 2 rings (SSSR count). The molecule has 0 radical (unpaired) electrons. The van der Waals surface area contributed by atoms with Crippen molar-refractivity contribution in [2.75, 3.05) is 13.7 Å². The third-order valence-corrected chi connectivity index (χ3v) is 3.38. The maximum atomic E-state index is 5.57. The van der Waals surface area contributed by atoms with Crippen molar-refractivity contribution in [1.29, 1.82) is 0 Å². The van der Waals surface area contributed by atoms with Crippen LogP contribution in [0, 0.1) is 0 Å². The second-order valence-corrected chi connectivity index (χ2v) is 5.08. The lowest BCUT2D eigenvalue weighted by Gasteiger charge is -2.13. The minimum atomic E-state index is 0. The Morgan fingerprint density at radius 2 is 2.10 bits per heavy atom. The summed E-state index contributed by atoms with van der Waals surface area (Å²) in [6, 6.07) is 7.84. The third-order valence-electron chi connectivity index (χ3n) is 2.79. The van der Waals surface area contributed by atoms with Crippen LogP contribution in [0.2, 0.25) is 0 Å². The molecule has 1 aromatic carbocycles. The van der Waals surface area contributed by atoms with Crippen LogP contribution in [0.5, 0.6) is 11.5 Å². The number of halogens is 2. The van der Waals surface area contributed by atoms with Gasteiger partial charge in [0.2, 0.25) is 0 Å². The van der Waals surface area contributed by atoms with Gasteiger partial charge < -0.3 is 31.6 Å². The normalized spacial score (nSPS) is 10.0. The molecular formula is C15H18BrClNO3-. The van der Waals surface area contributed by atoms with Crippen LogP contribution < -0.4 is 27.2 Å². The van der Waals surface area contributed by atoms with E-state index in [1.807, 2.05) is 31.2 Å². The highest BCUT2D eigenvalue weighted by atomic mass is 79.9. The molecule has 0 fully saturated rings. The molecule has 1 aromatic heterocycles. The smallest absolute Gasteiger partial charge is 0.175 e. The first kappa shape index (κ1) is 17.9. The quantitative estimate of drug-likeness (QED) is 0.775. The standard InChI is InChI=1S/C15H18BrNO3.ClH/c1-3-19-15-13(16)7-11(8-14(15)18-2)9-17-10-12-5-4-6-20-12;/h4-8,17H,3,9-10H2,1-2H3;1H/p-1. The Hall–Kier alpha value is -1.17. The van der Waals surface area contributed by atoms with Crippen LogP contribution in [0.15, 0.2) is 39.4 Å². The van der Waals surface area contributed by atoms with Crippen LogP contribution in [0.4, 0.5) is 0 Å². The van der Waals surface area contributed by atoms with Gasteiger partial charge in [0.15, 0.2) is 11.5 Å². The van der Waals surface area contributed by atoms with Crippen molar-refractivity contribution in [3.8, 4) is 11.5 Å². The molecule has 4 nitrogen and oxygen atoms in total. The zero-order valence-electron chi connectivity index (χ0n) is 12.0. The Kier molecular flexibility index (Phi) is 7.64. The van der Waals surface area contributed by atoms with Gasteiger partial charge in [0, 0.05) is 6.54 Å². The van der Waals surface area contributed by atoms with E-state index in [2.05, 4.69) is 21.2 Å². The lowest BCUT2D eigenvalue weighted by Crippen LogP contribution is -3.00. The third kappa shape index (κ3) is 4.95. The predicted octanol–water partition coefficient (Wildman–Crippen LogP) is 0.743. The second kappa shape index (κ2) is 8.97. The largest absolute Gasteiger partial charge is 1.00 e. The average Bonchev–Trinajstić information content (AvgIpc) is 2.94. The minimum Gasteiger partial charge on any atom is -1.00 e. The van der Waals surface area contributed by atoms with E-state index in [-0.39, 0.29) is 12.4 Å². The van der Waals surface area contributed by atoms with Gasteiger partial charge in [0.05, 0.1) is 31.0 Å². The number of nitrogens with one attached hydrogen (secondary N) is 1. The average molecular weight is 376 g/mol. The predicted molar refractivity (Wildman–Crippen MR) is 81.1 cm³/mol. The van der Waals surface area contributed by atoms with Crippen molar-refractivity contribution in [1.82, 2.24) is 5.32 Å². The summed E-state index contributed by atoms with van der Waals surface area (Å²) in [4.78, 5) is 0. The second-order valence-electron chi connectivity index (χ2n) is 4.22. The Balaban J connectivity index is 0.00000220. The van der Waals surface area contributed by atoms with Crippen LogP contribution in [0.25, 0.3) is 0 Å². The molecule has 0 aliphatic heterocycles. The van der Waals surface area contributed by atoms with E-state index >= 15 is 0 Å². The first-order chi connectivity index (χ1) is 9.74. The fraction of sp³-hybridized carbons (Fsp3) is 0.333. The summed E-state index contributed by atoms with van der Waals surface area (Å²) in [5, 5.41) is 3.32. The summed E-state index contributed by atoms with van der Waals surface area (Å²) >= 11 is 3.52. The summed E-state index contributed by atoms with van der Waals surface area (Å²) < 4.78 is 17.1. The molecule has 0 aliphatic rings. The van der Waals surface area contributed by atoms with Crippen molar-refractivity contribution in [2.45, 2.75) is 20.0 Å². The van der Waals surface area contributed by atoms with Crippen LogP contribution in [-0.4, -0.2) is 13.7 Å². The fourth-order valence-electron chi connectivity index (χ4n) is 1.90. The highest BCUT2D eigenvalue weighted by Crippen LogP contribution is 2.36. The highest BCUT2D eigenvalue weighted by Gasteiger charge is 2.11. The number of methoxy groups -OCH3 is 1. The van der Waals surface area contributed by atoms with E-state index in [0.29, 0.717) is 13.2 Å². The van der Waals surface area contributed by atoms with Crippen molar-refractivity contribution in [3.63, 3.8) is 0 Å². The Morgan fingerprint density at radius 3 is 2.71 bits per heavy atom. The van der Waals surface area contributed by atoms with Gasteiger partial charge in [-0.15, -0.1) is 0 Å². The van der Waals surface area contributed by atoms with Crippen molar-refractivity contribution < 1.29 is 26.3 Å². The number of ether oxygens (including phenoxy) is 2. The molecule has 116 valence electrons. The zero-order chi connectivity index (χ0) is 14.4. The van der Waals surface area contributed by atoms with Gasteiger partial charge in [-0.2, -0.15) is 0 Å². The molecule has 0 bridgehead atoms. The van der Waals surface area contributed by atoms with Crippen LogP contribution >= 0.6 is 15.9 Å². The van der Waals surface area contributed by atoms with Crippen molar-refractivity contribution >= 4 is 15.9 Å². The van der Waals surface area contributed by atoms with E-state index in [0.717, 1.165) is 33.8 Å². The molecule has 1 N–H and O–H groups in total. The topological polar surface area (TPSA) is 43.6 Å². The van der Waals surface area contributed by atoms with E-state index in [1.54, 1.807) is 13.4 Å².